The Balaban J connectivity index is 1.14. The lowest BCUT2D eigenvalue weighted by atomic mass is 9.81. The van der Waals surface area contributed by atoms with Crippen molar-refractivity contribution < 1.29 is 4.79 Å². The summed E-state index contributed by atoms with van der Waals surface area (Å²) in [5.74, 6) is 0.570. The first kappa shape index (κ1) is 30.7. The Labute approximate surface area is 273 Å². The van der Waals surface area contributed by atoms with Crippen LogP contribution in [-0.4, -0.2) is 45.9 Å². The number of hydrogen-bond acceptors (Lipinski definition) is 3. The lowest BCUT2D eigenvalue weighted by molar-refractivity contribution is -0.137. The van der Waals surface area contributed by atoms with Crippen LogP contribution in [0, 0.1) is 13.8 Å². The number of pyridine rings is 1. The first-order chi connectivity index (χ1) is 22.2. The molecule has 2 N–H and O–H groups in total. The van der Waals surface area contributed by atoms with Gasteiger partial charge in [-0.3, -0.25) is 9.78 Å². The number of carbonyl (C=O) groups is 1. The Morgan fingerprint density at radius 2 is 1.72 bits per heavy atom. The molecule has 46 heavy (non-hydrogen) atoms. The minimum atomic E-state index is -0.575. The number of aryl methyl sites for hydroxylation is 3. The van der Waals surface area contributed by atoms with Crippen LogP contribution < -0.4 is 5.32 Å². The maximum absolute atomic E-state index is 14.1. The van der Waals surface area contributed by atoms with Crippen molar-refractivity contribution >= 4 is 27.7 Å². The number of amides is 1. The number of aromatic nitrogens is 2. The monoisotopic (exact) mass is 612 g/mol. The third-order valence-corrected chi connectivity index (χ3v) is 10.7. The number of nitrogens with one attached hydrogen (secondary N) is 2. The molecule has 2 saturated heterocycles. The van der Waals surface area contributed by atoms with Crippen LogP contribution in [0.1, 0.15) is 86.6 Å². The standard InChI is InChI=1S/C41H48N4O/c1-26-20-27(2)22-31(21-26)39-38(28(3)25-42-18-6-8-29-10-16-36-30(23-29)9-7-19-43-36)35-24-32(11-17-37(35)44-39)41(4,5)40(46)45-33-12-13-34(45)15-14-33/h7,9-11,16-17,19-24,28,33-34,42,44H,6,8,12-15,18,25H2,1-5H3/t28-,33?,34?/m1/s1. The van der Waals surface area contributed by atoms with Crippen LogP contribution in [0.5, 0.6) is 0 Å². The summed E-state index contributed by atoms with van der Waals surface area (Å²) in [5, 5.41) is 6.21. The van der Waals surface area contributed by atoms with Gasteiger partial charge in [-0.1, -0.05) is 42.3 Å². The van der Waals surface area contributed by atoms with Crippen molar-refractivity contribution in [3.8, 4) is 11.3 Å². The van der Waals surface area contributed by atoms with Crippen LogP contribution in [-0.2, 0) is 16.6 Å². The van der Waals surface area contributed by atoms with Gasteiger partial charge in [-0.05, 0) is 143 Å². The van der Waals surface area contributed by atoms with E-state index in [2.05, 4.69) is 115 Å². The van der Waals surface area contributed by atoms with Crippen molar-refractivity contribution in [2.24, 2.45) is 0 Å². The molecule has 7 rings (SSSR count). The smallest absolute Gasteiger partial charge is 0.233 e. The van der Waals surface area contributed by atoms with Crippen LogP contribution in [0.2, 0.25) is 0 Å². The van der Waals surface area contributed by atoms with Gasteiger partial charge < -0.3 is 15.2 Å². The van der Waals surface area contributed by atoms with E-state index in [1.54, 1.807) is 0 Å². The largest absolute Gasteiger partial charge is 0.354 e. The van der Waals surface area contributed by atoms with Gasteiger partial charge in [0, 0.05) is 41.1 Å². The summed E-state index contributed by atoms with van der Waals surface area (Å²) in [7, 11) is 0. The summed E-state index contributed by atoms with van der Waals surface area (Å²) < 4.78 is 0. The van der Waals surface area contributed by atoms with E-state index in [9.17, 15) is 4.79 Å². The molecule has 0 radical (unpaired) electrons. The summed E-state index contributed by atoms with van der Waals surface area (Å²) in [5.41, 5.74) is 10.4. The molecule has 2 fully saturated rings. The predicted octanol–water partition coefficient (Wildman–Crippen LogP) is 8.76. The van der Waals surface area contributed by atoms with Gasteiger partial charge in [-0.2, -0.15) is 0 Å². The third kappa shape index (κ3) is 5.75. The number of carbonyl (C=O) groups excluding carboxylic acids is 1. The molecule has 2 bridgehead atoms. The molecule has 0 spiro atoms. The van der Waals surface area contributed by atoms with Crippen LogP contribution in [0.15, 0.2) is 72.9 Å². The van der Waals surface area contributed by atoms with E-state index in [4.69, 9.17) is 0 Å². The predicted molar refractivity (Wildman–Crippen MR) is 190 cm³/mol. The Morgan fingerprint density at radius 1 is 0.978 bits per heavy atom. The maximum atomic E-state index is 14.1. The summed E-state index contributed by atoms with van der Waals surface area (Å²) in [6.45, 7) is 12.8. The second kappa shape index (κ2) is 12.3. The third-order valence-electron chi connectivity index (χ3n) is 10.7. The Kier molecular flexibility index (Phi) is 8.23. The van der Waals surface area contributed by atoms with Crippen molar-refractivity contribution in [3.05, 3.63) is 101 Å². The van der Waals surface area contributed by atoms with Crippen LogP contribution in [0.25, 0.3) is 33.1 Å². The topological polar surface area (TPSA) is 61.0 Å². The van der Waals surface area contributed by atoms with Crippen LogP contribution in [0.3, 0.4) is 0 Å². The van der Waals surface area contributed by atoms with Gasteiger partial charge in [0.25, 0.3) is 0 Å². The van der Waals surface area contributed by atoms with Crippen molar-refractivity contribution in [1.29, 1.82) is 0 Å². The van der Waals surface area contributed by atoms with Crippen LogP contribution >= 0.6 is 0 Å². The fourth-order valence-corrected chi connectivity index (χ4v) is 8.27. The highest BCUT2D eigenvalue weighted by Crippen LogP contribution is 2.43. The Bertz CT molecular complexity index is 1860. The number of H-pyrrole nitrogens is 1. The minimum absolute atomic E-state index is 0.278. The summed E-state index contributed by atoms with van der Waals surface area (Å²) in [4.78, 5) is 24.6. The van der Waals surface area contributed by atoms with Gasteiger partial charge in [0.1, 0.15) is 0 Å². The highest BCUT2D eigenvalue weighted by molar-refractivity contribution is 5.95. The molecule has 5 heteroatoms. The number of fused-ring (bicyclic) bond motifs is 4. The molecule has 2 aromatic heterocycles. The second-order valence-corrected chi connectivity index (χ2v) is 14.6. The van der Waals surface area contributed by atoms with E-state index >= 15 is 0 Å². The zero-order chi connectivity index (χ0) is 32.0. The molecule has 0 saturated carbocycles. The second-order valence-electron chi connectivity index (χ2n) is 14.6. The van der Waals surface area contributed by atoms with Crippen LogP contribution in [0.4, 0.5) is 0 Å². The van der Waals surface area contributed by atoms with E-state index in [1.807, 2.05) is 12.3 Å². The van der Waals surface area contributed by atoms with E-state index in [0.717, 1.165) is 68.2 Å². The molecule has 3 aromatic carbocycles. The molecular formula is C41H48N4O. The first-order valence-corrected chi connectivity index (χ1v) is 17.3. The molecule has 238 valence electrons. The molecule has 4 heterocycles. The molecule has 1 atom stereocenters. The zero-order valence-electron chi connectivity index (χ0n) is 28.1. The molecule has 5 nitrogen and oxygen atoms in total. The fraction of sp³-hybridized carbons (Fsp3) is 0.415. The lowest BCUT2D eigenvalue weighted by Gasteiger charge is -2.33. The Morgan fingerprint density at radius 3 is 2.46 bits per heavy atom. The molecule has 1 amide bonds. The quantitative estimate of drug-likeness (QED) is 0.155. The summed E-state index contributed by atoms with van der Waals surface area (Å²) in [6.07, 6.45) is 8.63. The highest BCUT2D eigenvalue weighted by Gasteiger charge is 2.47. The lowest BCUT2D eigenvalue weighted by Crippen LogP contribution is -2.45. The number of hydrogen-bond donors (Lipinski definition) is 2. The summed E-state index contributed by atoms with van der Waals surface area (Å²) in [6, 6.07) is 25.1. The number of rotatable bonds is 10. The van der Waals surface area contributed by atoms with Gasteiger partial charge in [0.15, 0.2) is 0 Å². The molecule has 0 aliphatic carbocycles. The Hall–Kier alpha value is -3.96. The van der Waals surface area contributed by atoms with E-state index in [0.29, 0.717) is 18.0 Å². The van der Waals surface area contributed by atoms with Gasteiger partial charge in [-0.25, -0.2) is 0 Å². The van der Waals surface area contributed by atoms with Crippen molar-refractivity contribution in [2.75, 3.05) is 13.1 Å². The van der Waals surface area contributed by atoms with Gasteiger partial charge in [0.05, 0.1) is 16.6 Å². The number of nitrogens with zero attached hydrogens (tertiary/aromatic N) is 2. The van der Waals surface area contributed by atoms with Crippen molar-refractivity contribution in [3.63, 3.8) is 0 Å². The zero-order valence-corrected chi connectivity index (χ0v) is 28.1. The van der Waals surface area contributed by atoms with Gasteiger partial charge in [0.2, 0.25) is 5.91 Å². The highest BCUT2D eigenvalue weighted by atomic mass is 16.2. The van der Waals surface area contributed by atoms with Crippen molar-refractivity contribution in [2.45, 2.75) is 96.6 Å². The molecule has 2 aliphatic rings. The summed E-state index contributed by atoms with van der Waals surface area (Å²) >= 11 is 0. The number of aromatic amines is 1. The number of benzene rings is 3. The van der Waals surface area contributed by atoms with Crippen molar-refractivity contribution in [1.82, 2.24) is 20.2 Å². The minimum Gasteiger partial charge on any atom is -0.354 e. The van der Waals surface area contributed by atoms with Gasteiger partial charge >= 0.3 is 0 Å². The average molecular weight is 613 g/mol. The molecular weight excluding hydrogens is 564 g/mol. The molecule has 0 unspecified atom stereocenters. The average Bonchev–Trinajstić information content (AvgIpc) is 3.76. The first-order valence-electron chi connectivity index (χ1n) is 17.3. The molecule has 5 aromatic rings. The van der Waals surface area contributed by atoms with E-state index in [1.165, 1.54) is 44.3 Å². The maximum Gasteiger partial charge on any atom is 0.233 e. The fourth-order valence-electron chi connectivity index (χ4n) is 8.27. The normalized spacial score (nSPS) is 18.6. The van der Waals surface area contributed by atoms with E-state index in [-0.39, 0.29) is 5.92 Å². The van der Waals surface area contributed by atoms with E-state index < -0.39 is 5.41 Å². The molecule has 2 aliphatic heterocycles. The van der Waals surface area contributed by atoms with Gasteiger partial charge in [-0.15, -0.1) is 0 Å². The SMILES string of the molecule is Cc1cc(C)cc(-c2[nH]c3ccc(C(C)(C)C(=O)N4C5CCC4CC5)cc3c2[C@H](C)CNCCCc2ccc3ncccc3c2)c1.